The fourth-order valence-electron chi connectivity index (χ4n) is 3.60. The van der Waals surface area contributed by atoms with Crippen LogP contribution < -0.4 is 14.2 Å². The Bertz CT molecular complexity index is 990. The topological polar surface area (TPSA) is 155 Å². The fraction of sp³-hybridized carbons (Fsp3) is 0.381. The lowest BCUT2D eigenvalue weighted by Crippen LogP contribution is -2.54. The molecule has 0 saturated carbocycles. The maximum absolute atomic E-state index is 12.9. The van der Waals surface area contributed by atoms with E-state index in [-0.39, 0.29) is 53.1 Å². The van der Waals surface area contributed by atoms with Gasteiger partial charge in [0.1, 0.15) is 47.2 Å². The molecule has 0 radical (unpaired) electrons. The molecule has 2 heterocycles. The molecule has 1 fully saturated rings. The lowest BCUT2D eigenvalue weighted by molar-refractivity contribution is -0.242. The number of aliphatic hydroxyl groups excluding tert-OH is 3. The number of fused-ring (bicyclic) bond motifs is 1. The summed E-state index contributed by atoms with van der Waals surface area (Å²) >= 11 is 0. The van der Waals surface area contributed by atoms with Gasteiger partial charge < -0.3 is 44.5 Å². The number of methoxy groups -OCH3 is 1. The van der Waals surface area contributed by atoms with E-state index in [1.54, 1.807) is 12.1 Å². The van der Waals surface area contributed by atoms with Crippen molar-refractivity contribution in [1.29, 1.82) is 0 Å². The number of aliphatic hydroxyl groups is 3. The molecule has 5 N–H and O–H groups in total. The first-order valence-corrected chi connectivity index (χ1v) is 9.54. The number of phenolic OH excluding ortho intramolecular Hbond substituents is 2. The number of Topliss-reactive ketones (excluding diaryl/α,β-unsaturated/α-hetero) is 1. The number of carbonyl (C=O) groups excluding carboxylic acids is 1. The standard InChI is InChI=1S/C21H22O10/c1-28-14-3-2-9(4-11(14)23)15-7-12(24)18-16(30-15)5-10(22)6-17(18)31-21-20(27)19(26)13(25)8-29-21/h2-6,13,15,19-23,25-27H,7-8H2,1H3. The molecule has 10 heteroatoms. The summed E-state index contributed by atoms with van der Waals surface area (Å²) < 4.78 is 21.7. The number of phenols is 2. The normalized spacial score (nSPS) is 27.9. The Balaban J connectivity index is 1.62. The molecule has 10 nitrogen and oxygen atoms in total. The third kappa shape index (κ3) is 3.98. The summed E-state index contributed by atoms with van der Waals surface area (Å²) in [6.45, 7) is -0.280. The first kappa shape index (κ1) is 21.2. The summed E-state index contributed by atoms with van der Waals surface area (Å²) in [5.41, 5.74) is 0.578. The first-order chi connectivity index (χ1) is 14.8. The van der Waals surface area contributed by atoms with Crippen molar-refractivity contribution in [2.24, 2.45) is 0 Å². The maximum atomic E-state index is 12.9. The van der Waals surface area contributed by atoms with E-state index in [1.807, 2.05) is 0 Å². The maximum Gasteiger partial charge on any atom is 0.228 e. The van der Waals surface area contributed by atoms with Crippen molar-refractivity contribution in [3.05, 3.63) is 41.5 Å². The third-order valence-electron chi connectivity index (χ3n) is 5.24. The molecule has 1 saturated heterocycles. The van der Waals surface area contributed by atoms with Gasteiger partial charge in [0.2, 0.25) is 6.29 Å². The number of benzene rings is 2. The number of hydrogen-bond donors (Lipinski definition) is 5. The van der Waals surface area contributed by atoms with Gasteiger partial charge in [-0.2, -0.15) is 0 Å². The van der Waals surface area contributed by atoms with Gasteiger partial charge in [-0.25, -0.2) is 0 Å². The van der Waals surface area contributed by atoms with Crippen LogP contribution in [-0.4, -0.2) is 69.6 Å². The molecule has 0 aliphatic carbocycles. The van der Waals surface area contributed by atoms with Gasteiger partial charge >= 0.3 is 0 Å². The minimum atomic E-state index is -1.57. The molecule has 2 aliphatic heterocycles. The van der Waals surface area contributed by atoms with E-state index in [2.05, 4.69) is 0 Å². The largest absolute Gasteiger partial charge is 0.508 e. The summed E-state index contributed by atoms with van der Waals surface area (Å²) in [5, 5.41) is 49.6. The van der Waals surface area contributed by atoms with E-state index >= 15 is 0 Å². The molecule has 5 atom stereocenters. The number of ether oxygens (including phenoxy) is 4. The Kier molecular flexibility index (Phi) is 5.63. The Morgan fingerprint density at radius 3 is 2.52 bits per heavy atom. The van der Waals surface area contributed by atoms with Gasteiger partial charge in [0.25, 0.3) is 0 Å². The summed E-state index contributed by atoms with van der Waals surface area (Å²) in [7, 11) is 1.42. The molecule has 2 aromatic rings. The quantitative estimate of drug-likeness (QED) is 0.463. The number of hydrogen-bond acceptors (Lipinski definition) is 10. The Morgan fingerprint density at radius 2 is 1.81 bits per heavy atom. The van der Waals surface area contributed by atoms with Crippen LogP contribution in [0.2, 0.25) is 0 Å². The zero-order chi connectivity index (χ0) is 22.3. The van der Waals surface area contributed by atoms with E-state index in [1.165, 1.54) is 25.3 Å². The van der Waals surface area contributed by atoms with E-state index in [0.29, 0.717) is 5.56 Å². The molecule has 0 amide bonds. The van der Waals surface area contributed by atoms with Crippen LogP contribution in [0.15, 0.2) is 30.3 Å². The average Bonchev–Trinajstić information content (AvgIpc) is 2.73. The molecule has 4 rings (SSSR count). The summed E-state index contributed by atoms with van der Waals surface area (Å²) in [4.78, 5) is 12.9. The van der Waals surface area contributed by atoms with Gasteiger partial charge in [-0.15, -0.1) is 0 Å². The lowest BCUT2D eigenvalue weighted by Gasteiger charge is -2.35. The van der Waals surface area contributed by atoms with Crippen LogP contribution in [0.4, 0.5) is 0 Å². The second-order valence-corrected chi connectivity index (χ2v) is 7.35. The Morgan fingerprint density at radius 1 is 1.03 bits per heavy atom. The Hall–Kier alpha value is -3.05. The van der Waals surface area contributed by atoms with Gasteiger partial charge in [0.15, 0.2) is 17.3 Å². The number of rotatable bonds is 4. The number of ketones is 1. The van der Waals surface area contributed by atoms with Crippen molar-refractivity contribution < 1.29 is 49.3 Å². The minimum absolute atomic E-state index is 0.0446. The van der Waals surface area contributed by atoms with Crippen molar-refractivity contribution in [3.8, 4) is 28.7 Å². The van der Waals surface area contributed by atoms with E-state index in [0.717, 1.165) is 0 Å². The van der Waals surface area contributed by atoms with Crippen LogP contribution in [0.1, 0.15) is 28.4 Å². The second-order valence-electron chi connectivity index (χ2n) is 7.35. The molecular weight excluding hydrogens is 412 g/mol. The first-order valence-electron chi connectivity index (χ1n) is 9.54. The zero-order valence-electron chi connectivity index (χ0n) is 16.5. The van der Waals surface area contributed by atoms with Gasteiger partial charge in [0, 0.05) is 12.1 Å². The zero-order valence-corrected chi connectivity index (χ0v) is 16.5. The van der Waals surface area contributed by atoms with Crippen molar-refractivity contribution in [2.75, 3.05) is 13.7 Å². The van der Waals surface area contributed by atoms with Crippen LogP contribution in [0.3, 0.4) is 0 Å². The minimum Gasteiger partial charge on any atom is -0.508 e. The number of carbonyl (C=O) groups is 1. The van der Waals surface area contributed by atoms with Crippen LogP contribution in [0.5, 0.6) is 28.7 Å². The molecule has 166 valence electrons. The van der Waals surface area contributed by atoms with Crippen LogP contribution in [0.25, 0.3) is 0 Å². The van der Waals surface area contributed by atoms with Gasteiger partial charge in [-0.3, -0.25) is 4.79 Å². The highest BCUT2D eigenvalue weighted by Crippen LogP contribution is 2.43. The van der Waals surface area contributed by atoms with Gasteiger partial charge in [0.05, 0.1) is 20.1 Å². The van der Waals surface area contributed by atoms with Gasteiger partial charge in [-0.1, -0.05) is 6.07 Å². The highest BCUT2D eigenvalue weighted by atomic mass is 16.7. The van der Waals surface area contributed by atoms with Crippen molar-refractivity contribution >= 4 is 5.78 Å². The second kappa shape index (κ2) is 8.23. The van der Waals surface area contributed by atoms with Crippen molar-refractivity contribution in [1.82, 2.24) is 0 Å². The molecule has 5 unspecified atom stereocenters. The molecule has 2 aromatic carbocycles. The van der Waals surface area contributed by atoms with Crippen molar-refractivity contribution in [2.45, 2.75) is 37.1 Å². The highest BCUT2D eigenvalue weighted by molar-refractivity contribution is 6.02. The molecule has 2 aliphatic rings. The van der Waals surface area contributed by atoms with Crippen LogP contribution in [0, 0.1) is 0 Å². The average molecular weight is 434 g/mol. The monoisotopic (exact) mass is 434 g/mol. The van der Waals surface area contributed by atoms with Crippen LogP contribution >= 0.6 is 0 Å². The molecule has 0 aromatic heterocycles. The Labute approximate surface area is 176 Å². The van der Waals surface area contributed by atoms with Gasteiger partial charge in [-0.05, 0) is 17.7 Å². The molecule has 31 heavy (non-hydrogen) atoms. The number of aromatic hydroxyl groups is 2. The predicted molar refractivity (Wildman–Crippen MR) is 103 cm³/mol. The smallest absolute Gasteiger partial charge is 0.228 e. The third-order valence-corrected chi connectivity index (χ3v) is 5.24. The summed E-state index contributed by atoms with van der Waals surface area (Å²) in [6.07, 6.45) is -6.51. The molecule has 0 bridgehead atoms. The van der Waals surface area contributed by atoms with E-state index in [9.17, 15) is 30.3 Å². The fourth-order valence-corrected chi connectivity index (χ4v) is 3.60. The van der Waals surface area contributed by atoms with Crippen molar-refractivity contribution in [3.63, 3.8) is 0 Å². The summed E-state index contributed by atoms with van der Waals surface area (Å²) in [6, 6.07) is 7.06. The van der Waals surface area contributed by atoms with Crippen LogP contribution in [-0.2, 0) is 4.74 Å². The highest BCUT2D eigenvalue weighted by Gasteiger charge is 2.40. The van der Waals surface area contributed by atoms with E-state index < -0.39 is 30.7 Å². The SMILES string of the molecule is COc1ccc(C2CC(=O)c3c(cc(O)cc3OC3OCC(O)C(O)C3O)O2)cc1O. The van der Waals surface area contributed by atoms with E-state index in [4.69, 9.17) is 18.9 Å². The lowest BCUT2D eigenvalue weighted by atomic mass is 9.95. The molecule has 0 spiro atoms. The molecular formula is C21H22O10. The predicted octanol–water partition coefficient (Wildman–Crippen LogP) is 0.631. The summed E-state index contributed by atoms with van der Waals surface area (Å²) in [5.74, 6) is -0.488.